The average Bonchev–Trinajstić information content (AvgIpc) is 2.51. The largest absolute Gasteiger partial charge is 0.501 e. The summed E-state index contributed by atoms with van der Waals surface area (Å²) in [5.41, 5.74) is 1.70. The van der Waals surface area contributed by atoms with Crippen LogP contribution < -0.4 is 8.37 Å². The van der Waals surface area contributed by atoms with Crippen LogP contribution >= 0.6 is 0 Å². The zero-order valence-corrected chi connectivity index (χ0v) is 14.3. The van der Waals surface area contributed by atoms with Crippen molar-refractivity contribution in [3.05, 3.63) is 59.7 Å². The van der Waals surface area contributed by atoms with E-state index in [1.165, 1.54) is 0 Å². The molecule has 0 aliphatic carbocycles. The molecule has 0 saturated carbocycles. The standard InChI is InChI=1S/C18H22O4S/c1-3-9-15-11-5-7-13-17(15)21-23(19,20)22-18-14-8-6-12-16(18)10-4-2/h5-8,11-14H,3-4,9-10H2,1-2H3. The fraction of sp³-hybridized carbons (Fsp3) is 0.333. The van der Waals surface area contributed by atoms with Gasteiger partial charge in [0, 0.05) is 0 Å². The van der Waals surface area contributed by atoms with Gasteiger partial charge in [-0.1, -0.05) is 63.1 Å². The molecule has 23 heavy (non-hydrogen) atoms. The van der Waals surface area contributed by atoms with Gasteiger partial charge in [0.2, 0.25) is 0 Å². The maximum Gasteiger partial charge on any atom is 0.501 e. The van der Waals surface area contributed by atoms with Crippen LogP contribution in [0.5, 0.6) is 11.5 Å². The number of para-hydroxylation sites is 2. The van der Waals surface area contributed by atoms with E-state index in [0.29, 0.717) is 11.5 Å². The summed E-state index contributed by atoms with van der Waals surface area (Å²) in [7, 11) is -4.17. The van der Waals surface area contributed by atoms with Gasteiger partial charge in [-0.05, 0) is 36.1 Å². The molecule has 0 atom stereocenters. The first kappa shape index (κ1) is 17.3. The molecule has 0 aliphatic rings. The summed E-state index contributed by atoms with van der Waals surface area (Å²) in [4.78, 5) is 0. The molecular weight excluding hydrogens is 312 g/mol. The third-order valence-corrected chi connectivity index (χ3v) is 4.13. The Morgan fingerprint density at radius 1 is 0.739 bits per heavy atom. The summed E-state index contributed by atoms with van der Waals surface area (Å²) >= 11 is 0. The average molecular weight is 334 g/mol. The molecule has 0 aliphatic heterocycles. The third kappa shape index (κ3) is 4.99. The molecule has 0 fully saturated rings. The van der Waals surface area contributed by atoms with E-state index in [2.05, 4.69) is 0 Å². The van der Waals surface area contributed by atoms with Gasteiger partial charge in [0.25, 0.3) is 0 Å². The first-order valence-electron chi connectivity index (χ1n) is 7.85. The topological polar surface area (TPSA) is 52.6 Å². The number of benzene rings is 2. The van der Waals surface area contributed by atoms with E-state index in [1.807, 2.05) is 38.1 Å². The maximum atomic E-state index is 12.2. The molecule has 124 valence electrons. The lowest BCUT2D eigenvalue weighted by Crippen LogP contribution is -2.18. The molecule has 0 N–H and O–H groups in total. The fourth-order valence-electron chi connectivity index (χ4n) is 2.36. The van der Waals surface area contributed by atoms with E-state index in [4.69, 9.17) is 8.37 Å². The van der Waals surface area contributed by atoms with Crippen molar-refractivity contribution in [1.29, 1.82) is 0 Å². The van der Waals surface area contributed by atoms with Crippen LogP contribution in [-0.4, -0.2) is 8.42 Å². The van der Waals surface area contributed by atoms with E-state index < -0.39 is 10.4 Å². The van der Waals surface area contributed by atoms with E-state index in [9.17, 15) is 8.42 Å². The highest BCUT2D eigenvalue weighted by Gasteiger charge is 2.19. The van der Waals surface area contributed by atoms with Crippen molar-refractivity contribution in [3.8, 4) is 11.5 Å². The minimum atomic E-state index is -4.17. The first-order chi connectivity index (χ1) is 11.1. The molecule has 2 rings (SSSR count). The minimum Gasteiger partial charge on any atom is -0.353 e. The molecule has 2 aromatic carbocycles. The second kappa shape index (κ2) is 8.02. The predicted octanol–water partition coefficient (Wildman–Crippen LogP) is 4.29. The quantitative estimate of drug-likeness (QED) is 0.722. The normalized spacial score (nSPS) is 11.2. The summed E-state index contributed by atoms with van der Waals surface area (Å²) < 4.78 is 34.8. The molecule has 0 bridgehead atoms. The van der Waals surface area contributed by atoms with Gasteiger partial charge in [0.1, 0.15) is 11.5 Å². The van der Waals surface area contributed by atoms with Crippen LogP contribution in [0.2, 0.25) is 0 Å². The van der Waals surface area contributed by atoms with Crippen LogP contribution in [0, 0.1) is 0 Å². The van der Waals surface area contributed by atoms with Crippen molar-refractivity contribution in [3.63, 3.8) is 0 Å². The second-order valence-electron chi connectivity index (χ2n) is 5.29. The Labute approximate surface area is 138 Å². The minimum absolute atomic E-state index is 0.322. The highest BCUT2D eigenvalue weighted by molar-refractivity contribution is 7.82. The van der Waals surface area contributed by atoms with Crippen molar-refractivity contribution in [2.75, 3.05) is 0 Å². The Morgan fingerprint density at radius 3 is 1.52 bits per heavy atom. The van der Waals surface area contributed by atoms with E-state index >= 15 is 0 Å². The third-order valence-electron chi connectivity index (χ3n) is 3.37. The summed E-state index contributed by atoms with van der Waals surface area (Å²) in [6, 6.07) is 14.2. The lowest BCUT2D eigenvalue weighted by molar-refractivity contribution is 0.389. The second-order valence-corrected chi connectivity index (χ2v) is 6.44. The first-order valence-corrected chi connectivity index (χ1v) is 9.18. The van der Waals surface area contributed by atoms with Gasteiger partial charge in [-0.3, -0.25) is 0 Å². The molecule has 4 nitrogen and oxygen atoms in total. The van der Waals surface area contributed by atoms with Crippen LogP contribution in [-0.2, 0) is 23.2 Å². The van der Waals surface area contributed by atoms with Crippen LogP contribution in [0.1, 0.15) is 37.8 Å². The zero-order valence-electron chi connectivity index (χ0n) is 13.5. The molecule has 0 radical (unpaired) electrons. The van der Waals surface area contributed by atoms with Crippen molar-refractivity contribution < 1.29 is 16.8 Å². The molecule has 5 heteroatoms. The Morgan fingerprint density at radius 2 is 1.13 bits per heavy atom. The zero-order chi connectivity index (χ0) is 16.7. The van der Waals surface area contributed by atoms with Gasteiger partial charge in [-0.2, -0.15) is 0 Å². The monoisotopic (exact) mass is 334 g/mol. The van der Waals surface area contributed by atoms with Crippen LogP contribution in [0.25, 0.3) is 0 Å². The smallest absolute Gasteiger partial charge is 0.353 e. The molecular formula is C18H22O4S. The Balaban J connectivity index is 2.20. The number of aryl methyl sites for hydroxylation is 2. The lowest BCUT2D eigenvalue weighted by Gasteiger charge is -2.13. The van der Waals surface area contributed by atoms with Gasteiger partial charge in [-0.15, -0.1) is 8.42 Å². The molecule has 0 spiro atoms. The van der Waals surface area contributed by atoms with E-state index in [0.717, 1.165) is 36.8 Å². The van der Waals surface area contributed by atoms with Crippen LogP contribution in [0.4, 0.5) is 0 Å². The van der Waals surface area contributed by atoms with Crippen LogP contribution in [0.15, 0.2) is 48.5 Å². The van der Waals surface area contributed by atoms with Crippen LogP contribution in [0.3, 0.4) is 0 Å². The van der Waals surface area contributed by atoms with Crippen molar-refractivity contribution in [2.24, 2.45) is 0 Å². The van der Waals surface area contributed by atoms with E-state index in [1.54, 1.807) is 24.3 Å². The Kier molecular flexibility index (Phi) is 6.04. The van der Waals surface area contributed by atoms with Gasteiger partial charge < -0.3 is 8.37 Å². The van der Waals surface area contributed by atoms with Gasteiger partial charge in [-0.25, -0.2) is 0 Å². The predicted molar refractivity (Wildman–Crippen MR) is 91.0 cm³/mol. The Hall–Kier alpha value is -2.01. The molecule has 0 saturated heterocycles. The van der Waals surface area contributed by atoms with Crippen molar-refractivity contribution in [2.45, 2.75) is 39.5 Å². The molecule has 0 unspecified atom stereocenters. The molecule has 0 aromatic heterocycles. The Bertz CT molecular complexity index is 681. The summed E-state index contributed by atoms with van der Waals surface area (Å²) in [6.07, 6.45) is 3.30. The van der Waals surface area contributed by atoms with E-state index in [-0.39, 0.29) is 0 Å². The van der Waals surface area contributed by atoms with Crippen molar-refractivity contribution in [1.82, 2.24) is 0 Å². The molecule has 0 amide bonds. The van der Waals surface area contributed by atoms with Crippen molar-refractivity contribution >= 4 is 10.4 Å². The summed E-state index contributed by atoms with van der Waals surface area (Å²) in [6.45, 7) is 4.06. The van der Waals surface area contributed by atoms with Gasteiger partial charge in [0.05, 0.1) is 0 Å². The fourth-order valence-corrected chi connectivity index (χ4v) is 3.16. The maximum absolute atomic E-state index is 12.2. The summed E-state index contributed by atoms with van der Waals surface area (Å²) in [5.74, 6) is 0.643. The molecule has 2 aromatic rings. The number of hydrogen-bond acceptors (Lipinski definition) is 4. The lowest BCUT2D eigenvalue weighted by atomic mass is 10.1. The number of rotatable bonds is 8. The highest BCUT2D eigenvalue weighted by Crippen LogP contribution is 2.25. The molecule has 0 heterocycles. The highest BCUT2D eigenvalue weighted by atomic mass is 32.3. The number of hydrogen-bond donors (Lipinski definition) is 0. The van der Waals surface area contributed by atoms with Gasteiger partial charge >= 0.3 is 10.4 Å². The van der Waals surface area contributed by atoms with Gasteiger partial charge in [0.15, 0.2) is 0 Å². The summed E-state index contributed by atoms with van der Waals surface area (Å²) in [5, 5.41) is 0. The SMILES string of the molecule is CCCc1ccccc1OS(=O)(=O)Oc1ccccc1CCC.